The Morgan fingerprint density at radius 3 is 3.00 bits per heavy atom. The highest BCUT2D eigenvalue weighted by Gasteiger charge is 2.14. The third kappa shape index (κ3) is 2.96. The lowest BCUT2D eigenvalue weighted by atomic mass is 10.3. The van der Waals surface area contributed by atoms with E-state index >= 15 is 0 Å². The Morgan fingerprint density at radius 2 is 2.41 bits per heavy atom. The highest BCUT2D eigenvalue weighted by Crippen LogP contribution is 2.35. The number of hydrogen-bond acceptors (Lipinski definition) is 6. The highest BCUT2D eigenvalue weighted by atomic mass is 35.5. The lowest BCUT2D eigenvalue weighted by molar-refractivity contribution is -0.142. The zero-order valence-corrected chi connectivity index (χ0v) is 11.3. The Bertz CT molecular complexity index is 550. The number of thiazole rings is 1. The van der Waals surface area contributed by atoms with Crippen LogP contribution in [0.5, 0.6) is 0 Å². The minimum atomic E-state index is -0.327. The molecule has 17 heavy (non-hydrogen) atoms. The molecule has 0 bridgehead atoms. The molecule has 2 N–H and O–H groups in total. The van der Waals surface area contributed by atoms with Crippen LogP contribution >= 0.6 is 34.3 Å². The van der Waals surface area contributed by atoms with Crippen LogP contribution in [0.25, 0.3) is 10.6 Å². The van der Waals surface area contributed by atoms with Crippen molar-refractivity contribution in [1.29, 1.82) is 0 Å². The molecule has 0 aliphatic heterocycles. The standard InChI is InChI=1S/C10H9ClN2O2S2/c1-5(14)15-3-8-9(13-10(12)17-8)7-2-6(11)4-16-7/h2,4H,3H2,1H3,(H2,12,13). The zero-order valence-electron chi connectivity index (χ0n) is 8.90. The van der Waals surface area contributed by atoms with Crippen LogP contribution in [-0.2, 0) is 16.1 Å². The molecule has 0 atom stereocenters. The Balaban J connectivity index is 2.30. The van der Waals surface area contributed by atoms with Crippen LogP contribution in [0.15, 0.2) is 11.4 Å². The van der Waals surface area contributed by atoms with E-state index in [0.717, 1.165) is 15.4 Å². The summed E-state index contributed by atoms with van der Waals surface area (Å²) >= 11 is 8.66. The van der Waals surface area contributed by atoms with Gasteiger partial charge in [-0.3, -0.25) is 4.79 Å². The van der Waals surface area contributed by atoms with E-state index in [1.165, 1.54) is 29.6 Å². The Morgan fingerprint density at radius 1 is 1.65 bits per heavy atom. The molecule has 0 aliphatic rings. The van der Waals surface area contributed by atoms with Crippen LogP contribution < -0.4 is 5.73 Å². The van der Waals surface area contributed by atoms with Gasteiger partial charge in [-0.05, 0) is 6.07 Å². The number of nitrogen functional groups attached to an aromatic ring is 1. The molecule has 4 nitrogen and oxygen atoms in total. The summed E-state index contributed by atoms with van der Waals surface area (Å²) in [7, 11) is 0. The minimum Gasteiger partial charge on any atom is -0.460 e. The van der Waals surface area contributed by atoms with Crippen molar-refractivity contribution in [3.8, 4) is 10.6 Å². The summed E-state index contributed by atoms with van der Waals surface area (Å²) in [5, 5.41) is 2.93. The molecule has 0 radical (unpaired) electrons. The number of hydrogen-bond donors (Lipinski definition) is 1. The van der Waals surface area contributed by atoms with Gasteiger partial charge in [0.15, 0.2) is 5.13 Å². The first-order valence-electron chi connectivity index (χ1n) is 4.69. The van der Waals surface area contributed by atoms with E-state index in [1.54, 1.807) is 0 Å². The summed E-state index contributed by atoms with van der Waals surface area (Å²) in [5.74, 6) is -0.327. The van der Waals surface area contributed by atoms with Crippen molar-refractivity contribution in [3.63, 3.8) is 0 Å². The van der Waals surface area contributed by atoms with Crippen molar-refractivity contribution in [2.45, 2.75) is 13.5 Å². The Labute approximate surface area is 111 Å². The molecule has 0 spiro atoms. The van der Waals surface area contributed by atoms with E-state index in [0.29, 0.717) is 10.2 Å². The lowest BCUT2D eigenvalue weighted by Crippen LogP contribution is -1.98. The van der Waals surface area contributed by atoms with Crippen LogP contribution in [0.1, 0.15) is 11.8 Å². The van der Waals surface area contributed by atoms with E-state index in [1.807, 2.05) is 11.4 Å². The number of rotatable bonds is 3. The average molecular weight is 289 g/mol. The molecule has 0 saturated carbocycles. The molecular weight excluding hydrogens is 280 g/mol. The van der Waals surface area contributed by atoms with Gasteiger partial charge in [0.05, 0.1) is 14.8 Å². The monoisotopic (exact) mass is 288 g/mol. The van der Waals surface area contributed by atoms with Gasteiger partial charge in [-0.15, -0.1) is 11.3 Å². The lowest BCUT2D eigenvalue weighted by Gasteiger charge is -2.00. The second-order valence-corrected chi connectivity index (χ2v) is 5.70. The summed E-state index contributed by atoms with van der Waals surface area (Å²) in [6, 6.07) is 1.82. The Kier molecular flexibility index (Phi) is 3.66. The minimum absolute atomic E-state index is 0.190. The summed E-state index contributed by atoms with van der Waals surface area (Å²) in [6.45, 7) is 1.56. The number of halogens is 1. The SMILES string of the molecule is CC(=O)OCc1sc(N)nc1-c1cc(Cl)cs1. The third-order valence-electron chi connectivity index (χ3n) is 1.92. The summed E-state index contributed by atoms with van der Waals surface area (Å²) in [4.78, 5) is 16.8. The van der Waals surface area contributed by atoms with Crippen LogP contribution in [0.3, 0.4) is 0 Å². The number of carbonyl (C=O) groups excluding carboxylic acids is 1. The molecule has 0 fully saturated rings. The number of anilines is 1. The molecule has 90 valence electrons. The topological polar surface area (TPSA) is 65.2 Å². The van der Waals surface area contributed by atoms with Gasteiger partial charge in [-0.2, -0.15) is 0 Å². The van der Waals surface area contributed by atoms with Crippen LogP contribution in [-0.4, -0.2) is 11.0 Å². The molecule has 0 aromatic carbocycles. The number of carbonyl (C=O) groups is 1. The Hall–Kier alpha value is -1.11. The van der Waals surface area contributed by atoms with Crippen molar-refractivity contribution in [2.75, 3.05) is 5.73 Å². The predicted molar refractivity (Wildman–Crippen MR) is 70.3 cm³/mol. The maximum atomic E-state index is 10.8. The zero-order chi connectivity index (χ0) is 12.4. The summed E-state index contributed by atoms with van der Waals surface area (Å²) < 4.78 is 4.96. The number of nitrogens with zero attached hydrogens (tertiary/aromatic N) is 1. The molecular formula is C10H9ClN2O2S2. The van der Waals surface area contributed by atoms with Crippen LogP contribution in [0.4, 0.5) is 5.13 Å². The number of thiophene rings is 1. The maximum absolute atomic E-state index is 10.8. The van der Waals surface area contributed by atoms with Crippen molar-refractivity contribution < 1.29 is 9.53 Å². The van der Waals surface area contributed by atoms with Gasteiger partial charge in [0.2, 0.25) is 0 Å². The van der Waals surface area contributed by atoms with Crippen molar-refractivity contribution >= 4 is 45.4 Å². The molecule has 2 aromatic heterocycles. The second-order valence-electron chi connectivity index (χ2n) is 3.23. The third-order valence-corrected chi connectivity index (χ3v) is 4.06. The molecule has 0 aliphatic carbocycles. The van der Waals surface area contributed by atoms with E-state index in [4.69, 9.17) is 22.1 Å². The fraction of sp³-hybridized carbons (Fsp3) is 0.200. The van der Waals surface area contributed by atoms with E-state index < -0.39 is 0 Å². The first kappa shape index (κ1) is 12.3. The number of aromatic nitrogens is 1. The molecule has 0 unspecified atom stereocenters. The first-order chi connectivity index (χ1) is 8.06. The quantitative estimate of drug-likeness (QED) is 0.881. The largest absolute Gasteiger partial charge is 0.460 e. The maximum Gasteiger partial charge on any atom is 0.302 e. The smallest absolute Gasteiger partial charge is 0.302 e. The molecule has 2 rings (SSSR count). The van der Waals surface area contributed by atoms with E-state index in [2.05, 4.69) is 4.98 Å². The fourth-order valence-corrected chi connectivity index (χ4v) is 3.18. The summed E-state index contributed by atoms with van der Waals surface area (Å²) in [5.41, 5.74) is 6.41. The van der Waals surface area contributed by atoms with Crippen molar-refractivity contribution in [1.82, 2.24) is 4.98 Å². The van der Waals surface area contributed by atoms with Gasteiger partial charge >= 0.3 is 5.97 Å². The number of esters is 1. The van der Waals surface area contributed by atoms with Crippen molar-refractivity contribution in [2.24, 2.45) is 0 Å². The van der Waals surface area contributed by atoms with E-state index in [9.17, 15) is 4.79 Å². The van der Waals surface area contributed by atoms with Crippen molar-refractivity contribution in [3.05, 3.63) is 21.3 Å². The van der Waals surface area contributed by atoms with Crippen LogP contribution in [0.2, 0.25) is 5.02 Å². The van der Waals surface area contributed by atoms with Gasteiger partial charge < -0.3 is 10.5 Å². The van der Waals surface area contributed by atoms with Crippen LogP contribution in [0, 0.1) is 0 Å². The predicted octanol–water partition coefficient (Wildman–Crippen LogP) is 3.17. The van der Waals surface area contributed by atoms with Gasteiger partial charge in [-0.25, -0.2) is 4.98 Å². The molecule has 0 saturated heterocycles. The summed E-state index contributed by atoms with van der Waals surface area (Å²) in [6.07, 6.45) is 0. The number of nitrogens with two attached hydrogens (primary N) is 1. The van der Waals surface area contributed by atoms with Gasteiger partial charge in [0.25, 0.3) is 0 Å². The molecule has 0 amide bonds. The highest BCUT2D eigenvalue weighted by molar-refractivity contribution is 7.17. The van der Waals surface area contributed by atoms with Gasteiger partial charge in [-0.1, -0.05) is 22.9 Å². The fourth-order valence-electron chi connectivity index (χ4n) is 1.26. The molecule has 2 aromatic rings. The van der Waals surface area contributed by atoms with E-state index in [-0.39, 0.29) is 12.6 Å². The first-order valence-corrected chi connectivity index (χ1v) is 6.76. The van der Waals surface area contributed by atoms with Gasteiger partial charge in [0.1, 0.15) is 12.3 Å². The second kappa shape index (κ2) is 5.03. The normalized spacial score (nSPS) is 10.5. The average Bonchev–Trinajstić information content (AvgIpc) is 2.81. The molecule has 7 heteroatoms. The number of ether oxygens (including phenoxy) is 1. The molecule has 2 heterocycles. The van der Waals surface area contributed by atoms with Gasteiger partial charge in [0, 0.05) is 12.3 Å².